The largest absolute Gasteiger partial charge is 0.478 e. The lowest BCUT2D eigenvalue weighted by atomic mass is 10.0. The van der Waals surface area contributed by atoms with E-state index < -0.39 is 5.97 Å². The number of rotatable bonds is 1. The predicted octanol–water partition coefficient (Wildman–Crippen LogP) is 1.56. The molecule has 1 aliphatic rings. The summed E-state index contributed by atoms with van der Waals surface area (Å²) in [6.07, 6.45) is 0. The monoisotopic (exact) mass is 560 g/mol. The van der Waals surface area contributed by atoms with Gasteiger partial charge in [0.2, 0.25) is 0 Å². The highest BCUT2D eigenvalue weighted by Gasteiger charge is 2.15. The zero-order chi connectivity index (χ0) is 27.6. The Hall–Kier alpha value is -1.71. The third kappa shape index (κ3) is 17.6. The van der Waals surface area contributed by atoms with Gasteiger partial charge in [0.1, 0.15) is 0 Å². The molecule has 0 saturated carbocycles. The van der Waals surface area contributed by atoms with Crippen molar-refractivity contribution in [3.63, 3.8) is 0 Å². The van der Waals surface area contributed by atoms with Gasteiger partial charge in [-0.2, -0.15) is 0 Å². The molecule has 0 spiro atoms. The van der Waals surface area contributed by atoms with Gasteiger partial charge in [-0.1, -0.05) is 18.2 Å². The minimum absolute atomic E-state index is 0.164. The van der Waals surface area contributed by atoms with Crippen molar-refractivity contribution in [3.05, 3.63) is 34.9 Å². The van der Waals surface area contributed by atoms with Crippen LogP contribution in [-0.2, 0) is 60.6 Å². The number of fused-ring (bicyclic) bond motifs is 2. The van der Waals surface area contributed by atoms with Crippen molar-refractivity contribution in [1.29, 1.82) is 0 Å². The van der Waals surface area contributed by atoms with Crippen molar-refractivity contribution >= 4 is 5.97 Å². The Bertz CT molecular complexity index is 682. The second-order valence-corrected chi connectivity index (χ2v) is 8.26. The minimum Gasteiger partial charge on any atom is -0.478 e. The maximum absolute atomic E-state index is 11.9. The molecule has 0 radical (unpaired) electrons. The van der Waals surface area contributed by atoms with Crippen molar-refractivity contribution in [1.82, 2.24) is 0 Å². The molecule has 12 nitrogen and oxygen atoms in total. The topological polar surface area (TPSA) is 130 Å². The van der Waals surface area contributed by atoms with Crippen LogP contribution in [0.2, 0.25) is 0 Å². The van der Waals surface area contributed by atoms with Gasteiger partial charge < -0.3 is 52.5 Å². The summed E-state index contributed by atoms with van der Waals surface area (Å²) in [4.78, 5) is 11.9. The van der Waals surface area contributed by atoms with E-state index in [2.05, 4.69) is 0 Å². The smallest absolute Gasteiger partial charge is 0.336 e. The SMILES string of the molecule is O=C(O)c1c2cccc1COCCOCCOCCOCCOCCOCCOCCOCCOCCOC2. The van der Waals surface area contributed by atoms with E-state index >= 15 is 0 Å². The Morgan fingerprint density at radius 1 is 0.436 bits per heavy atom. The number of carboxylic acids is 1. The number of ether oxygens (including phenoxy) is 10. The number of hydrogen-bond donors (Lipinski definition) is 1. The number of carbonyl (C=O) groups is 1. The Morgan fingerprint density at radius 2 is 0.667 bits per heavy atom. The molecule has 0 atom stereocenters. The molecule has 1 N–H and O–H groups in total. The van der Waals surface area contributed by atoms with Crippen LogP contribution in [0.5, 0.6) is 0 Å². The molecule has 0 aliphatic carbocycles. The fourth-order valence-corrected chi connectivity index (χ4v) is 3.41. The maximum atomic E-state index is 11.9. The lowest BCUT2D eigenvalue weighted by molar-refractivity contribution is -0.0268. The summed E-state index contributed by atoms with van der Waals surface area (Å²) < 4.78 is 55.0. The van der Waals surface area contributed by atoms with Crippen molar-refractivity contribution < 1.29 is 57.3 Å². The van der Waals surface area contributed by atoms with E-state index in [0.717, 1.165) is 0 Å². The second-order valence-electron chi connectivity index (χ2n) is 8.26. The van der Waals surface area contributed by atoms with Crippen molar-refractivity contribution in [2.75, 3.05) is 119 Å². The average molecular weight is 561 g/mol. The Balaban J connectivity index is 1.70. The number of carboxylic acid groups (broad SMARTS) is 1. The summed E-state index contributed by atoms with van der Waals surface area (Å²) in [5, 5.41) is 9.74. The molecule has 12 heteroatoms. The number of benzene rings is 1. The van der Waals surface area contributed by atoms with E-state index in [-0.39, 0.29) is 18.8 Å². The van der Waals surface area contributed by atoms with Gasteiger partial charge in [-0.3, -0.25) is 0 Å². The quantitative estimate of drug-likeness (QED) is 0.535. The zero-order valence-corrected chi connectivity index (χ0v) is 22.8. The van der Waals surface area contributed by atoms with Crippen LogP contribution in [0.3, 0.4) is 0 Å². The molecule has 2 bridgehead atoms. The van der Waals surface area contributed by atoms with Gasteiger partial charge in [-0.25, -0.2) is 4.79 Å². The van der Waals surface area contributed by atoms with Gasteiger partial charge >= 0.3 is 5.97 Å². The van der Waals surface area contributed by atoms with Crippen LogP contribution in [0.15, 0.2) is 18.2 Å². The lowest BCUT2D eigenvalue weighted by Crippen LogP contribution is -2.15. The van der Waals surface area contributed by atoms with Gasteiger partial charge in [-0.15, -0.1) is 0 Å². The van der Waals surface area contributed by atoms with E-state index in [9.17, 15) is 9.90 Å². The van der Waals surface area contributed by atoms with Crippen molar-refractivity contribution in [2.24, 2.45) is 0 Å². The average Bonchev–Trinajstić information content (AvgIpc) is 2.93. The van der Waals surface area contributed by atoms with Crippen molar-refractivity contribution in [3.8, 4) is 0 Å². The molecule has 0 aromatic heterocycles. The van der Waals surface area contributed by atoms with Crippen LogP contribution in [0.4, 0.5) is 0 Å². The molecule has 2 rings (SSSR count). The first kappa shape index (κ1) is 33.5. The molecular formula is C27H44O12. The van der Waals surface area contributed by atoms with Gasteiger partial charge in [-0.05, 0) is 11.1 Å². The summed E-state index contributed by atoms with van der Waals surface area (Å²) in [7, 11) is 0. The van der Waals surface area contributed by atoms with Gasteiger partial charge in [0.05, 0.1) is 138 Å². The molecule has 0 unspecified atom stereocenters. The van der Waals surface area contributed by atoms with E-state index in [1.807, 2.05) is 0 Å². The molecule has 0 saturated heterocycles. The Morgan fingerprint density at radius 3 is 0.897 bits per heavy atom. The standard InChI is InChI=1S/C27H44O12/c28-27(29)26-24-2-1-3-25(26)23-39-21-19-37-17-15-35-13-11-33-9-7-31-5-4-30-6-8-32-10-12-34-14-16-36-18-20-38-22-24/h1-3H,4-23H2,(H,28,29). The van der Waals surface area contributed by atoms with Crippen LogP contribution < -0.4 is 0 Å². The fourth-order valence-electron chi connectivity index (χ4n) is 3.41. The van der Waals surface area contributed by atoms with E-state index in [1.54, 1.807) is 18.2 Å². The highest BCUT2D eigenvalue weighted by Crippen LogP contribution is 2.17. The Kier molecular flexibility index (Phi) is 20.7. The van der Waals surface area contributed by atoms with Crippen LogP contribution in [0.1, 0.15) is 21.5 Å². The highest BCUT2D eigenvalue weighted by atomic mass is 16.6. The molecule has 39 heavy (non-hydrogen) atoms. The summed E-state index contributed by atoms with van der Waals surface area (Å²) in [5.41, 5.74) is 1.37. The highest BCUT2D eigenvalue weighted by molar-refractivity contribution is 5.91. The van der Waals surface area contributed by atoms with Crippen LogP contribution >= 0.6 is 0 Å². The van der Waals surface area contributed by atoms with Gasteiger partial charge in [0.15, 0.2) is 0 Å². The van der Waals surface area contributed by atoms with Crippen LogP contribution in [0.25, 0.3) is 0 Å². The maximum Gasteiger partial charge on any atom is 0.336 e. The molecule has 0 fully saturated rings. The first-order valence-corrected chi connectivity index (χ1v) is 13.4. The van der Waals surface area contributed by atoms with Crippen LogP contribution in [0, 0.1) is 0 Å². The molecular weight excluding hydrogens is 516 g/mol. The zero-order valence-electron chi connectivity index (χ0n) is 22.8. The first-order chi connectivity index (χ1) is 19.3. The van der Waals surface area contributed by atoms with Crippen molar-refractivity contribution in [2.45, 2.75) is 13.2 Å². The third-order valence-corrected chi connectivity index (χ3v) is 5.31. The predicted molar refractivity (Wildman–Crippen MR) is 139 cm³/mol. The second kappa shape index (κ2) is 24.1. The summed E-state index contributed by atoms with van der Waals surface area (Å²) in [5.74, 6) is -1.02. The molecule has 1 heterocycles. The number of aromatic carboxylic acids is 1. The molecule has 1 aromatic carbocycles. The molecule has 0 amide bonds. The first-order valence-electron chi connectivity index (χ1n) is 13.4. The number of hydrogen-bond acceptors (Lipinski definition) is 11. The summed E-state index contributed by atoms with van der Waals surface area (Å²) in [6.45, 7) is 8.40. The molecule has 1 aromatic rings. The molecule has 1 aliphatic heterocycles. The summed E-state index contributed by atoms with van der Waals surface area (Å²) in [6, 6.07) is 5.28. The fraction of sp³-hybridized carbons (Fsp3) is 0.741. The normalized spacial score (nSPS) is 21.0. The van der Waals surface area contributed by atoms with E-state index in [0.29, 0.717) is 130 Å². The van der Waals surface area contributed by atoms with Crippen LogP contribution in [-0.4, -0.2) is 130 Å². The Labute approximate surface area is 230 Å². The third-order valence-electron chi connectivity index (χ3n) is 5.31. The molecule has 224 valence electrons. The van der Waals surface area contributed by atoms with E-state index in [1.165, 1.54) is 0 Å². The van der Waals surface area contributed by atoms with E-state index in [4.69, 9.17) is 47.4 Å². The van der Waals surface area contributed by atoms with Gasteiger partial charge in [0, 0.05) is 0 Å². The lowest BCUT2D eigenvalue weighted by Gasteiger charge is -2.13. The van der Waals surface area contributed by atoms with Gasteiger partial charge in [0.25, 0.3) is 0 Å². The summed E-state index contributed by atoms with van der Waals surface area (Å²) >= 11 is 0. The minimum atomic E-state index is -1.02.